The Morgan fingerprint density at radius 3 is 1.30 bits per heavy atom. The number of para-hydroxylation sites is 2. The van der Waals surface area contributed by atoms with Gasteiger partial charge in [0.05, 0.1) is 11.0 Å². The molecule has 0 fully saturated rings. The molecule has 0 bridgehead atoms. The zero-order chi connectivity index (χ0) is 53.2. The molecule has 0 amide bonds. The first-order valence-electron chi connectivity index (χ1n) is 27.9. The van der Waals surface area contributed by atoms with Crippen LogP contribution in [0.4, 0.5) is 0 Å². The number of hydrogen-bond donors (Lipinski definition) is 0. The van der Waals surface area contributed by atoms with E-state index in [1.165, 1.54) is 75.0 Å². The van der Waals surface area contributed by atoms with E-state index in [4.69, 9.17) is 14.5 Å². The van der Waals surface area contributed by atoms with Gasteiger partial charge in [-0.25, -0.2) is 0 Å². The lowest BCUT2D eigenvalue weighted by molar-refractivity contribution is 0.450. The number of nitrogens with zero attached hydrogens (tertiary/aromatic N) is 2. The number of rotatable bonds is 7. The molecule has 4 nitrogen and oxygen atoms in total. The Balaban J connectivity index is 0.925. The topological polar surface area (TPSA) is 36.3 Å². The van der Waals surface area contributed by atoms with E-state index in [1.54, 1.807) is 0 Å². The molecule has 0 N–H and O–H groups in total. The predicted molar refractivity (Wildman–Crippen MR) is 341 cm³/mol. The minimum atomic E-state index is -2.82. The van der Waals surface area contributed by atoms with Crippen LogP contribution in [0.25, 0.3) is 93.0 Å². The Bertz CT molecular complexity index is 4860. The summed E-state index contributed by atoms with van der Waals surface area (Å²) >= 11 is 0. The quantitative estimate of drug-likeness (QED) is 0.0907. The van der Waals surface area contributed by atoms with Crippen molar-refractivity contribution in [2.24, 2.45) is 0 Å². The molecule has 0 spiro atoms. The van der Waals surface area contributed by atoms with Gasteiger partial charge in [-0.2, -0.15) is 4.98 Å². The number of hydrogen-bond acceptors (Lipinski definition) is 3. The second-order valence-corrected chi connectivity index (χ2v) is 25.5. The fraction of sp³-hybridized carbons (Fsp3) is 0. The standard InChI is InChI=1S/C75H47BN2O2Si/c1-4-23-54(24-5-1)81(55-25-6-2-7-26-55,56-27-8-3-9-28-56)57-38-39-61-53(44-57)43-50-22-12-15-31-60(50)73(61)52-37-41-67-63(46-52)62-45-51(72-58-29-13-10-20-48(58)42-49-21-11-14-30-59(49)72)36-40-66(62)78(67)71-47-70-74-75(77-71)80-69-35-19-17-33-65(69)76(74)64-32-16-18-34-68(64)79-70/h1-47H. The highest BCUT2D eigenvalue weighted by molar-refractivity contribution is 7.20. The zero-order valence-electron chi connectivity index (χ0n) is 43.9. The minimum Gasteiger partial charge on any atom is -0.458 e. The first-order chi connectivity index (χ1) is 40.2. The van der Waals surface area contributed by atoms with E-state index in [-0.39, 0.29) is 6.71 Å². The van der Waals surface area contributed by atoms with Gasteiger partial charge in [0.1, 0.15) is 23.1 Å². The Labute approximate surface area is 469 Å². The van der Waals surface area contributed by atoms with Crippen LogP contribution in [0.15, 0.2) is 285 Å². The predicted octanol–water partition coefficient (Wildman–Crippen LogP) is 14.2. The van der Waals surface area contributed by atoms with E-state index < -0.39 is 8.07 Å². The van der Waals surface area contributed by atoms with Gasteiger partial charge in [0.15, 0.2) is 8.07 Å². The Morgan fingerprint density at radius 2 is 0.765 bits per heavy atom. The van der Waals surface area contributed by atoms with Crippen molar-refractivity contribution in [1.82, 2.24) is 9.55 Å². The smallest absolute Gasteiger partial charge is 0.262 e. The third-order valence-electron chi connectivity index (χ3n) is 17.4. The normalized spacial score (nSPS) is 12.6. The van der Waals surface area contributed by atoms with Crippen molar-refractivity contribution in [3.8, 4) is 51.2 Å². The lowest BCUT2D eigenvalue weighted by atomic mass is 9.35. The van der Waals surface area contributed by atoms with Crippen LogP contribution in [-0.2, 0) is 0 Å². The third-order valence-corrected chi connectivity index (χ3v) is 22.2. The molecule has 15 aromatic rings. The molecule has 2 aliphatic heterocycles. The fourth-order valence-electron chi connectivity index (χ4n) is 14.0. The molecule has 2 aromatic heterocycles. The minimum absolute atomic E-state index is 0.0781. The maximum atomic E-state index is 6.89. The second-order valence-electron chi connectivity index (χ2n) is 21.7. The molecular weight excluding hydrogens is 1000 g/mol. The summed E-state index contributed by atoms with van der Waals surface area (Å²) in [7, 11) is -2.82. The van der Waals surface area contributed by atoms with Crippen LogP contribution in [0, 0.1) is 0 Å². The molecule has 13 aromatic carbocycles. The molecule has 17 rings (SSSR count). The average molecular weight is 1050 g/mol. The van der Waals surface area contributed by atoms with Gasteiger partial charge in [-0.3, -0.25) is 4.57 Å². The third kappa shape index (κ3) is 6.87. The van der Waals surface area contributed by atoms with E-state index in [1.807, 2.05) is 12.1 Å². The summed E-state index contributed by atoms with van der Waals surface area (Å²) < 4.78 is 16.0. The van der Waals surface area contributed by atoms with E-state index in [9.17, 15) is 0 Å². The van der Waals surface area contributed by atoms with Crippen LogP contribution in [0.5, 0.6) is 23.1 Å². The van der Waals surface area contributed by atoms with Crippen LogP contribution in [0.2, 0.25) is 0 Å². The van der Waals surface area contributed by atoms with Crippen LogP contribution < -0.4 is 46.6 Å². The molecule has 376 valence electrons. The van der Waals surface area contributed by atoms with E-state index >= 15 is 0 Å². The summed E-state index contributed by atoms with van der Waals surface area (Å²) in [6, 6.07) is 105. The van der Waals surface area contributed by atoms with E-state index in [2.05, 4.69) is 278 Å². The van der Waals surface area contributed by atoms with Gasteiger partial charge >= 0.3 is 0 Å². The van der Waals surface area contributed by atoms with Gasteiger partial charge in [-0.05, 0) is 146 Å². The highest BCUT2D eigenvalue weighted by atomic mass is 28.3. The van der Waals surface area contributed by atoms with E-state index in [0.717, 1.165) is 72.4 Å². The highest BCUT2D eigenvalue weighted by Crippen LogP contribution is 2.44. The molecule has 0 atom stereocenters. The first-order valence-corrected chi connectivity index (χ1v) is 29.9. The maximum absolute atomic E-state index is 6.89. The zero-order valence-corrected chi connectivity index (χ0v) is 44.9. The van der Waals surface area contributed by atoms with Crippen molar-refractivity contribution < 1.29 is 9.47 Å². The summed E-state index contributed by atoms with van der Waals surface area (Å²) in [4.78, 5) is 5.50. The molecule has 0 unspecified atom stereocenters. The number of fused-ring (bicyclic) bond motifs is 11. The van der Waals surface area contributed by atoms with Gasteiger partial charge < -0.3 is 9.47 Å². The number of ether oxygens (including phenoxy) is 2. The Morgan fingerprint density at radius 1 is 0.321 bits per heavy atom. The number of benzene rings is 13. The fourth-order valence-corrected chi connectivity index (χ4v) is 18.7. The summed E-state index contributed by atoms with van der Waals surface area (Å²) in [5.74, 6) is 3.69. The van der Waals surface area contributed by atoms with Crippen molar-refractivity contribution in [3.05, 3.63) is 285 Å². The molecule has 6 heteroatoms. The lowest BCUT2D eigenvalue weighted by Crippen LogP contribution is -2.74. The van der Waals surface area contributed by atoms with Gasteiger partial charge in [-0.15, -0.1) is 0 Å². The highest BCUT2D eigenvalue weighted by Gasteiger charge is 2.43. The summed E-state index contributed by atoms with van der Waals surface area (Å²) in [5.41, 5.74) is 9.97. The number of aromatic nitrogens is 2. The molecule has 0 radical (unpaired) electrons. The van der Waals surface area contributed by atoms with Crippen LogP contribution in [0.3, 0.4) is 0 Å². The van der Waals surface area contributed by atoms with Crippen molar-refractivity contribution in [2.75, 3.05) is 0 Å². The summed E-state index contributed by atoms with van der Waals surface area (Å²) in [6.45, 7) is -0.0781. The van der Waals surface area contributed by atoms with E-state index in [0.29, 0.717) is 5.88 Å². The summed E-state index contributed by atoms with van der Waals surface area (Å²) in [5, 5.41) is 17.4. The average Bonchev–Trinajstić information content (AvgIpc) is 4.08. The summed E-state index contributed by atoms with van der Waals surface area (Å²) in [6.07, 6.45) is 0. The van der Waals surface area contributed by atoms with Crippen molar-refractivity contribution in [1.29, 1.82) is 0 Å². The van der Waals surface area contributed by atoms with Crippen LogP contribution in [0.1, 0.15) is 0 Å². The SMILES string of the molecule is c1ccc([Si](c2ccccc2)(c2ccccc2)c2ccc3c(-c4ccc5c(c4)c4cc(-c6c7ccccc7cc7ccccc67)ccc4n5-c4cc5c6c(n4)Oc4ccccc4B6c4ccccc4O5)c4ccccc4cc3c2)cc1. The second kappa shape index (κ2) is 17.9. The molecule has 0 saturated heterocycles. The van der Waals surface area contributed by atoms with Crippen molar-refractivity contribution in [3.63, 3.8) is 0 Å². The van der Waals surface area contributed by atoms with Gasteiger partial charge in [0.25, 0.3) is 6.71 Å². The van der Waals surface area contributed by atoms with Gasteiger partial charge in [-0.1, -0.05) is 231 Å². The first kappa shape index (κ1) is 45.7. The maximum Gasteiger partial charge on any atom is 0.262 e. The lowest BCUT2D eigenvalue weighted by Gasteiger charge is -2.34. The number of pyridine rings is 1. The molecule has 0 aliphatic carbocycles. The molecular formula is C75H47BN2O2Si. The Kier molecular flexibility index (Phi) is 10.1. The van der Waals surface area contributed by atoms with Gasteiger partial charge in [0, 0.05) is 22.3 Å². The van der Waals surface area contributed by atoms with Crippen molar-refractivity contribution in [2.45, 2.75) is 0 Å². The molecule has 0 saturated carbocycles. The Hall–Kier alpha value is -10.3. The van der Waals surface area contributed by atoms with Gasteiger partial charge in [0.2, 0.25) is 5.88 Å². The largest absolute Gasteiger partial charge is 0.458 e. The van der Waals surface area contributed by atoms with Crippen molar-refractivity contribution >= 4 is 117 Å². The van der Waals surface area contributed by atoms with Crippen LogP contribution in [-0.4, -0.2) is 24.3 Å². The molecule has 4 heterocycles. The van der Waals surface area contributed by atoms with Crippen LogP contribution >= 0.6 is 0 Å². The monoisotopic (exact) mass is 1050 g/mol. The molecule has 2 aliphatic rings. The molecule has 81 heavy (non-hydrogen) atoms.